The summed E-state index contributed by atoms with van der Waals surface area (Å²) in [6.45, 7) is 2.79. The van der Waals surface area contributed by atoms with Gasteiger partial charge in [-0.25, -0.2) is 0 Å². The summed E-state index contributed by atoms with van der Waals surface area (Å²) in [5.41, 5.74) is 0.706. The number of rotatable bonds is 9. The van der Waals surface area contributed by atoms with Gasteiger partial charge in [0, 0.05) is 26.3 Å². The first-order chi connectivity index (χ1) is 8.74. The lowest BCUT2D eigenvalue weighted by Gasteiger charge is -2.07. The number of nitrogens with zero attached hydrogens (tertiary/aromatic N) is 2. The van der Waals surface area contributed by atoms with Gasteiger partial charge in [0.25, 0.3) is 0 Å². The van der Waals surface area contributed by atoms with E-state index in [9.17, 15) is 0 Å². The van der Waals surface area contributed by atoms with E-state index in [-0.39, 0.29) is 0 Å². The second-order valence-corrected chi connectivity index (χ2v) is 4.36. The zero-order valence-corrected chi connectivity index (χ0v) is 11.8. The first-order valence-electron chi connectivity index (χ1n) is 5.73. The van der Waals surface area contributed by atoms with Gasteiger partial charge < -0.3 is 14.8 Å². The molecular formula is C11H17Cl2N3O2. The topological polar surface area (TPSA) is 56.3 Å². The molecule has 1 aromatic rings. The second-order valence-electron chi connectivity index (χ2n) is 3.61. The van der Waals surface area contributed by atoms with Crippen molar-refractivity contribution in [2.75, 3.05) is 38.8 Å². The molecule has 5 nitrogen and oxygen atoms in total. The van der Waals surface area contributed by atoms with Crippen LogP contribution in [0.25, 0.3) is 0 Å². The summed E-state index contributed by atoms with van der Waals surface area (Å²) in [4.78, 5) is 0. The molecule has 0 spiro atoms. The van der Waals surface area contributed by atoms with Crippen molar-refractivity contribution >= 4 is 28.9 Å². The van der Waals surface area contributed by atoms with Gasteiger partial charge >= 0.3 is 0 Å². The molecule has 102 valence electrons. The second kappa shape index (κ2) is 9.33. The van der Waals surface area contributed by atoms with Gasteiger partial charge in [0.15, 0.2) is 10.3 Å². The Morgan fingerprint density at radius 1 is 1.17 bits per heavy atom. The van der Waals surface area contributed by atoms with Crippen molar-refractivity contribution in [3.05, 3.63) is 16.4 Å². The maximum atomic E-state index is 5.86. The highest BCUT2D eigenvalue weighted by Crippen LogP contribution is 2.20. The Morgan fingerprint density at radius 2 is 2.00 bits per heavy atom. The molecule has 0 saturated heterocycles. The van der Waals surface area contributed by atoms with E-state index >= 15 is 0 Å². The van der Waals surface area contributed by atoms with E-state index in [0.29, 0.717) is 29.2 Å². The van der Waals surface area contributed by atoms with Gasteiger partial charge in [0.05, 0.1) is 18.9 Å². The van der Waals surface area contributed by atoms with Crippen LogP contribution < -0.4 is 5.32 Å². The first kappa shape index (κ1) is 15.4. The molecule has 0 radical (unpaired) electrons. The van der Waals surface area contributed by atoms with Crippen LogP contribution in [0, 0.1) is 0 Å². The monoisotopic (exact) mass is 293 g/mol. The predicted octanol–water partition coefficient (Wildman–Crippen LogP) is 2.64. The Hall–Kier alpha value is -0.620. The molecule has 1 heterocycles. The molecule has 0 fully saturated rings. The summed E-state index contributed by atoms with van der Waals surface area (Å²) in [5, 5.41) is 11.2. The standard InChI is InChI=1S/C11H17Cl2N3O2/c1-17-6-7-18-5-3-2-4-14-9-8-10(12)15-16-11(9)13/h8H,2-7H2,1H3,(H,14,15). The normalized spacial score (nSPS) is 10.6. The van der Waals surface area contributed by atoms with Crippen molar-refractivity contribution in [2.24, 2.45) is 0 Å². The lowest BCUT2D eigenvalue weighted by atomic mass is 10.3. The number of ether oxygens (including phenoxy) is 2. The Labute approximate surface area is 117 Å². The molecule has 1 rings (SSSR count). The highest BCUT2D eigenvalue weighted by Gasteiger charge is 2.02. The summed E-state index contributed by atoms with van der Waals surface area (Å²) in [7, 11) is 1.66. The fourth-order valence-corrected chi connectivity index (χ4v) is 1.58. The average molecular weight is 294 g/mol. The molecule has 0 bridgehead atoms. The van der Waals surface area contributed by atoms with Crippen molar-refractivity contribution in [1.82, 2.24) is 10.2 Å². The molecule has 18 heavy (non-hydrogen) atoms. The summed E-state index contributed by atoms with van der Waals surface area (Å²) < 4.78 is 10.2. The molecular weight excluding hydrogens is 277 g/mol. The van der Waals surface area contributed by atoms with Crippen molar-refractivity contribution < 1.29 is 9.47 Å². The highest BCUT2D eigenvalue weighted by molar-refractivity contribution is 6.33. The summed E-state index contributed by atoms with van der Waals surface area (Å²) in [5.74, 6) is 0. The van der Waals surface area contributed by atoms with Crippen LogP contribution in [0.15, 0.2) is 6.07 Å². The Balaban J connectivity index is 2.09. The molecule has 7 heteroatoms. The molecule has 0 aliphatic carbocycles. The molecule has 0 aromatic carbocycles. The van der Waals surface area contributed by atoms with Crippen molar-refractivity contribution in [3.63, 3.8) is 0 Å². The number of halogens is 2. The predicted molar refractivity (Wildman–Crippen MR) is 72.5 cm³/mol. The Bertz CT molecular complexity index is 353. The Morgan fingerprint density at radius 3 is 2.78 bits per heavy atom. The van der Waals surface area contributed by atoms with Crippen molar-refractivity contribution in [2.45, 2.75) is 12.8 Å². The van der Waals surface area contributed by atoms with E-state index in [1.54, 1.807) is 13.2 Å². The maximum absolute atomic E-state index is 5.86. The highest BCUT2D eigenvalue weighted by atomic mass is 35.5. The molecule has 0 unspecified atom stereocenters. The third kappa shape index (κ3) is 6.35. The molecule has 1 N–H and O–H groups in total. The van der Waals surface area contributed by atoms with E-state index in [1.807, 2.05) is 0 Å². The van der Waals surface area contributed by atoms with Gasteiger partial charge in [-0.05, 0) is 12.8 Å². The first-order valence-corrected chi connectivity index (χ1v) is 6.49. The number of methoxy groups -OCH3 is 1. The van der Waals surface area contributed by atoms with Crippen molar-refractivity contribution in [3.8, 4) is 0 Å². The summed E-state index contributed by atoms with van der Waals surface area (Å²) >= 11 is 11.6. The largest absolute Gasteiger partial charge is 0.382 e. The van der Waals surface area contributed by atoms with Gasteiger partial charge in [-0.3, -0.25) is 0 Å². The minimum absolute atomic E-state index is 0.324. The minimum atomic E-state index is 0.324. The van der Waals surface area contributed by atoms with Crippen LogP contribution in [0.2, 0.25) is 10.3 Å². The van der Waals surface area contributed by atoms with Gasteiger partial charge in [-0.2, -0.15) is 0 Å². The van der Waals surface area contributed by atoms with Crippen molar-refractivity contribution in [1.29, 1.82) is 0 Å². The zero-order valence-electron chi connectivity index (χ0n) is 10.3. The van der Waals surface area contributed by atoms with Crippen LogP contribution in [-0.4, -0.2) is 43.7 Å². The van der Waals surface area contributed by atoms with Gasteiger partial charge in [-0.15, -0.1) is 10.2 Å². The van der Waals surface area contributed by atoms with Crippen LogP contribution in [-0.2, 0) is 9.47 Å². The van der Waals surface area contributed by atoms with E-state index in [2.05, 4.69) is 15.5 Å². The molecule has 1 aromatic heterocycles. The molecule has 0 saturated carbocycles. The van der Waals surface area contributed by atoms with E-state index in [4.69, 9.17) is 32.7 Å². The van der Waals surface area contributed by atoms with E-state index in [1.165, 1.54) is 0 Å². The summed E-state index contributed by atoms with van der Waals surface area (Å²) in [6, 6.07) is 1.66. The molecule has 0 aliphatic heterocycles. The SMILES string of the molecule is COCCOCCCCNc1cc(Cl)nnc1Cl. The van der Waals surface area contributed by atoms with E-state index in [0.717, 1.165) is 26.0 Å². The zero-order chi connectivity index (χ0) is 13.2. The average Bonchev–Trinajstić information content (AvgIpc) is 2.36. The number of hydrogen-bond donors (Lipinski definition) is 1. The molecule has 0 aliphatic rings. The quantitative estimate of drug-likeness (QED) is 0.710. The minimum Gasteiger partial charge on any atom is -0.382 e. The fourth-order valence-electron chi connectivity index (χ4n) is 1.27. The van der Waals surface area contributed by atoms with Gasteiger partial charge in [0.2, 0.25) is 0 Å². The summed E-state index contributed by atoms with van der Waals surface area (Å²) in [6.07, 6.45) is 1.95. The van der Waals surface area contributed by atoms with Crippen LogP contribution in [0.4, 0.5) is 5.69 Å². The lowest BCUT2D eigenvalue weighted by molar-refractivity contribution is 0.0691. The van der Waals surface area contributed by atoms with Crippen LogP contribution in [0.5, 0.6) is 0 Å². The van der Waals surface area contributed by atoms with Gasteiger partial charge in [-0.1, -0.05) is 23.2 Å². The van der Waals surface area contributed by atoms with Crippen LogP contribution >= 0.6 is 23.2 Å². The third-order valence-electron chi connectivity index (χ3n) is 2.18. The van der Waals surface area contributed by atoms with Crippen LogP contribution in [0.1, 0.15) is 12.8 Å². The molecule has 0 amide bonds. The number of nitrogens with one attached hydrogen (secondary N) is 1. The number of aromatic nitrogens is 2. The van der Waals surface area contributed by atoms with Crippen LogP contribution in [0.3, 0.4) is 0 Å². The smallest absolute Gasteiger partial charge is 0.174 e. The lowest BCUT2D eigenvalue weighted by Crippen LogP contribution is -2.07. The number of anilines is 1. The van der Waals surface area contributed by atoms with Gasteiger partial charge in [0.1, 0.15) is 0 Å². The third-order valence-corrected chi connectivity index (χ3v) is 2.65. The number of hydrogen-bond acceptors (Lipinski definition) is 5. The fraction of sp³-hybridized carbons (Fsp3) is 0.636. The molecule has 0 atom stereocenters. The Kier molecular flexibility index (Phi) is 8.00. The van der Waals surface area contributed by atoms with E-state index < -0.39 is 0 Å². The number of unbranched alkanes of at least 4 members (excludes halogenated alkanes) is 1. The maximum Gasteiger partial charge on any atom is 0.174 e.